The first kappa shape index (κ1) is 25.7. The van der Waals surface area contributed by atoms with E-state index in [-0.39, 0.29) is 14.9 Å². The quantitative estimate of drug-likeness (QED) is 0.668. The van der Waals surface area contributed by atoms with Crippen molar-refractivity contribution in [2.45, 2.75) is 49.0 Å². The summed E-state index contributed by atoms with van der Waals surface area (Å²) in [6, 6.07) is 0. The van der Waals surface area contributed by atoms with E-state index in [0.29, 0.717) is 0 Å². The van der Waals surface area contributed by atoms with Crippen LogP contribution in [0.2, 0.25) is 0 Å². The number of rotatable bonds is 6. The van der Waals surface area contributed by atoms with E-state index in [1.165, 1.54) is 6.42 Å². The molecule has 0 heterocycles. The summed E-state index contributed by atoms with van der Waals surface area (Å²) in [5, 5.41) is 0. The Kier molecular flexibility index (Phi) is 27.5. The molecule has 0 radical (unpaired) electrons. The molecule has 0 aliphatic heterocycles. The predicted octanol–water partition coefficient (Wildman–Crippen LogP) is 3.43. The molecule has 0 saturated carbocycles. The highest BCUT2D eigenvalue weighted by molar-refractivity contribution is 4.52. The van der Waals surface area contributed by atoms with Gasteiger partial charge >= 0.3 is 0 Å². The van der Waals surface area contributed by atoms with Crippen molar-refractivity contribution in [3.05, 3.63) is 0 Å². The van der Waals surface area contributed by atoms with Crippen molar-refractivity contribution in [3.63, 3.8) is 0 Å². The van der Waals surface area contributed by atoms with Crippen molar-refractivity contribution in [3.8, 4) is 0 Å². The van der Waals surface area contributed by atoms with E-state index in [2.05, 4.69) is 63.5 Å². The minimum absolute atomic E-state index is 0. The lowest BCUT2D eigenvalue weighted by Gasteiger charge is -2.28. The van der Waals surface area contributed by atoms with Gasteiger partial charge in [0.25, 0.3) is 0 Å². The monoisotopic (exact) mass is 249 g/mol. The highest BCUT2D eigenvalue weighted by Crippen LogP contribution is 1.92. The van der Waals surface area contributed by atoms with Gasteiger partial charge in [-0.3, -0.25) is 14.7 Å². The van der Waals surface area contributed by atoms with Crippen LogP contribution in [0.25, 0.3) is 0 Å². The maximum absolute atomic E-state index is 2.41. The number of hydrogen-bond acceptors (Lipinski definition) is 3. The standard InChI is InChI=1S/C9H23N3.C3H8.2CH4/c1-6-11(5)9-12(7-2)8-10(3)4;1-3-2;;/h6-9H2,1-5H3;3H2,1-2H3;2*1H4. The van der Waals surface area contributed by atoms with Gasteiger partial charge < -0.3 is 0 Å². The zero-order chi connectivity index (χ0) is 12.3. The van der Waals surface area contributed by atoms with Gasteiger partial charge in [-0.15, -0.1) is 0 Å². The molecule has 3 heteroatoms. The van der Waals surface area contributed by atoms with Crippen molar-refractivity contribution < 1.29 is 0 Å². The highest BCUT2D eigenvalue weighted by atomic mass is 15.4. The van der Waals surface area contributed by atoms with Crippen molar-refractivity contribution in [2.24, 2.45) is 0 Å². The molecule has 0 saturated heterocycles. The molecular formula is C14H39N3. The third kappa shape index (κ3) is 21.7. The lowest BCUT2D eigenvalue weighted by atomic mass is 10.5. The normalized spacial score (nSPS) is 9.53. The molecule has 0 aromatic rings. The van der Waals surface area contributed by atoms with E-state index in [9.17, 15) is 0 Å². The summed E-state index contributed by atoms with van der Waals surface area (Å²) in [5.41, 5.74) is 0. The third-order valence-electron chi connectivity index (χ3n) is 1.91. The molecule has 0 N–H and O–H groups in total. The van der Waals surface area contributed by atoms with Crippen LogP contribution < -0.4 is 0 Å². The molecule has 0 aliphatic rings. The SMILES string of the molecule is C.C.CCC.CCN(C)CN(CC)CN(C)C. The first-order chi connectivity index (χ1) is 7.01. The Hall–Kier alpha value is -0.120. The lowest BCUT2D eigenvalue weighted by Crippen LogP contribution is -2.40. The molecule has 0 unspecified atom stereocenters. The Morgan fingerprint density at radius 3 is 1.35 bits per heavy atom. The molecule has 0 atom stereocenters. The molecule has 0 rings (SSSR count). The average molecular weight is 249 g/mol. The van der Waals surface area contributed by atoms with E-state index >= 15 is 0 Å². The molecule has 0 aromatic heterocycles. The maximum atomic E-state index is 2.41. The Balaban J connectivity index is -0.000000152. The van der Waals surface area contributed by atoms with Crippen LogP contribution in [-0.2, 0) is 0 Å². The van der Waals surface area contributed by atoms with E-state index in [0.717, 1.165) is 26.4 Å². The highest BCUT2D eigenvalue weighted by Gasteiger charge is 2.04. The fourth-order valence-electron chi connectivity index (χ4n) is 1.09. The Labute approximate surface area is 112 Å². The molecule has 3 nitrogen and oxygen atoms in total. The van der Waals surface area contributed by atoms with Crippen LogP contribution in [0.3, 0.4) is 0 Å². The molecule has 0 fully saturated rings. The van der Waals surface area contributed by atoms with Gasteiger partial charge in [0.2, 0.25) is 0 Å². The number of nitrogens with zero attached hydrogens (tertiary/aromatic N) is 3. The zero-order valence-corrected chi connectivity index (χ0v) is 11.9. The second-order valence-electron chi connectivity index (χ2n) is 4.23. The molecule has 0 bridgehead atoms. The Morgan fingerprint density at radius 2 is 1.12 bits per heavy atom. The molecule has 0 spiro atoms. The second-order valence-corrected chi connectivity index (χ2v) is 4.23. The average Bonchev–Trinajstić information content (AvgIpc) is 2.17. The largest absolute Gasteiger partial charge is 0.297 e. The Bertz CT molecular complexity index is 116. The third-order valence-corrected chi connectivity index (χ3v) is 1.91. The second kappa shape index (κ2) is 18.3. The van der Waals surface area contributed by atoms with Gasteiger partial charge in [0, 0.05) is 0 Å². The Morgan fingerprint density at radius 1 is 0.706 bits per heavy atom. The van der Waals surface area contributed by atoms with Crippen LogP contribution in [0.1, 0.15) is 49.0 Å². The van der Waals surface area contributed by atoms with Crippen LogP contribution in [0.5, 0.6) is 0 Å². The lowest BCUT2D eigenvalue weighted by molar-refractivity contribution is 0.114. The van der Waals surface area contributed by atoms with Gasteiger partial charge in [0.15, 0.2) is 0 Å². The van der Waals surface area contributed by atoms with Crippen molar-refractivity contribution >= 4 is 0 Å². The van der Waals surface area contributed by atoms with E-state index in [4.69, 9.17) is 0 Å². The van der Waals surface area contributed by atoms with Crippen LogP contribution >= 0.6 is 0 Å². The summed E-state index contributed by atoms with van der Waals surface area (Å²) >= 11 is 0. The van der Waals surface area contributed by atoms with Crippen molar-refractivity contribution in [1.29, 1.82) is 0 Å². The smallest absolute Gasteiger partial charge is 0.0515 e. The summed E-state index contributed by atoms with van der Waals surface area (Å²) in [6.45, 7) is 13.0. The topological polar surface area (TPSA) is 9.72 Å². The van der Waals surface area contributed by atoms with Crippen LogP contribution in [0.15, 0.2) is 0 Å². The van der Waals surface area contributed by atoms with Gasteiger partial charge in [-0.2, -0.15) is 0 Å². The summed E-state index contributed by atoms with van der Waals surface area (Å²) in [4.78, 5) is 6.92. The van der Waals surface area contributed by atoms with Gasteiger partial charge in [0.1, 0.15) is 0 Å². The fourth-order valence-corrected chi connectivity index (χ4v) is 1.09. The van der Waals surface area contributed by atoms with E-state index in [1.807, 2.05) is 0 Å². The van der Waals surface area contributed by atoms with E-state index < -0.39 is 0 Å². The van der Waals surface area contributed by atoms with Gasteiger partial charge in [-0.25, -0.2) is 0 Å². The molecular weight excluding hydrogens is 210 g/mol. The van der Waals surface area contributed by atoms with Crippen LogP contribution in [0, 0.1) is 0 Å². The van der Waals surface area contributed by atoms with Gasteiger partial charge in [-0.1, -0.05) is 49.0 Å². The minimum Gasteiger partial charge on any atom is -0.297 e. The van der Waals surface area contributed by atoms with Crippen LogP contribution in [-0.4, -0.2) is 62.3 Å². The van der Waals surface area contributed by atoms with Crippen LogP contribution in [0.4, 0.5) is 0 Å². The molecule has 0 amide bonds. The predicted molar refractivity (Wildman–Crippen MR) is 83.5 cm³/mol. The first-order valence-corrected chi connectivity index (χ1v) is 6.07. The fraction of sp³-hybridized carbons (Fsp3) is 1.00. The summed E-state index contributed by atoms with van der Waals surface area (Å²) in [5.74, 6) is 0. The molecule has 17 heavy (non-hydrogen) atoms. The molecule has 0 aliphatic carbocycles. The van der Waals surface area contributed by atoms with Gasteiger partial charge in [0.05, 0.1) is 13.3 Å². The minimum atomic E-state index is 0. The summed E-state index contributed by atoms with van der Waals surface area (Å²) < 4.78 is 0. The maximum Gasteiger partial charge on any atom is 0.0515 e. The summed E-state index contributed by atoms with van der Waals surface area (Å²) in [6.07, 6.45) is 1.25. The number of hydrogen-bond donors (Lipinski definition) is 0. The van der Waals surface area contributed by atoms with Crippen molar-refractivity contribution in [2.75, 3.05) is 47.6 Å². The van der Waals surface area contributed by atoms with E-state index in [1.54, 1.807) is 0 Å². The summed E-state index contributed by atoms with van der Waals surface area (Å²) in [7, 11) is 6.36. The zero-order valence-electron chi connectivity index (χ0n) is 11.9. The molecule has 110 valence electrons. The van der Waals surface area contributed by atoms with Gasteiger partial charge in [-0.05, 0) is 34.2 Å². The van der Waals surface area contributed by atoms with Crippen molar-refractivity contribution in [1.82, 2.24) is 14.7 Å². The molecule has 0 aromatic carbocycles. The first-order valence-electron chi connectivity index (χ1n) is 6.07.